The Morgan fingerprint density at radius 3 is 2.60 bits per heavy atom. The number of carbonyl (C=O) groups excluding carboxylic acids is 1. The minimum Gasteiger partial charge on any atom is -0.454 e. The van der Waals surface area contributed by atoms with Crippen LogP contribution in [0.2, 0.25) is 0 Å². The van der Waals surface area contributed by atoms with Crippen molar-refractivity contribution in [3.63, 3.8) is 0 Å². The van der Waals surface area contributed by atoms with E-state index in [0.717, 1.165) is 68.9 Å². The lowest BCUT2D eigenvalue weighted by Crippen LogP contribution is -2.49. The molecule has 2 saturated heterocycles. The van der Waals surface area contributed by atoms with Gasteiger partial charge in [0.05, 0.1) is 11.8 Å². The molecule has 1 N–H and O–H groups in total. The number of aromatic nitrogens is 2. The molecule has 5 rings (SSSR count). The summed E-state index contributed by atoms with van der Waals surface area (Å²) in [4.78, 5) is 17.5. The zero-order valence-electron chi connectivity index (χ0n) is 17.3. The quantitative estimate of drug-likeness (QED) is 0.831. The maximum Gasteiger partial charge on any atom is 0.271 e. The Labute approximate surface area is 176 Å². The first kappa shape index (κ1) is 19.4. The second-order valence-electron chi connectivity index (χ2n) is 8.23. The molecule has 30 heavy (non-hydrogen) atoms. The first-order chi connectivity index (χ1) is 14.7. The summed E-state index contributed by atoms with van der Waals surface area (Å²) in [5, 5.41) is 7.26. The third-order valence-electron chi connectivity index (χ3n) is 6.55. The van der Waals surface area contributed by atoms with Crippen LogP contribution in [0.15, 0.2) is 24.3 Å². The number of rotatable bonds is 4. The molecule has 1 amide bonds. The predicted octanol–water partition coefficient (Wildman–Crippen LogP) is 2.52. The van der Waals surface area contributed by atoms with Gasteiger partial charge in [0, 0.05) is 44.9 Å². The summed E-state index contributed by atoms with van der Waals surface area (Å²) >= 11 is 0. The van der Waals surface area contributed by atoms with Gasteiger partial charge in [0.15, 0.2) is 11.5 Å². The number of methoxy groups -OCH3 is 1. The van der Waals surface area contributed by atoms with E-state index in [4.69, 9.17) is 14.2 Å². The van der Waals surface area contributed by atoms with Crippen LogP contribution in [-0.2, 0) is 4.74 Å². The maximum atomic E-state index is 13.0. The average Bonchev–Trinajstić information content (AvgIpc) is 3.48. The highest BCUT2D eigenvalue weighted by Gasteiger charge is 2.30. The van der Waals surface area contributed by atoms with Crippen molar-refractivity contribution in [1.82, 2.24) is 20.0 Å². The van der Waals surface area contributed by atoms with Crippen molar-refractivity contribution in [1.29, 1.82) is 0 Å². The fourth-order valence-corrected chi connectivity index (χ4v) is 4.72. The Morgan fingerprint density at radius 2 is 1.83 bits per heavy atom. The van der Waals surface area contributed by atoms with Gasteiger partial charge in [-0.1, -0.05) is 0 Å². The number of carbonyl (C=O) groups is 1. The first-order valence-electron chi connectivity index (χ1n) is 10.7. The number of aromatic amines is 1. The second-order valence-corrected chi connectivity index (χ2v) is 8.23. The summed E-state index contributed by atoms with van der Waals surface area (Å²) in [5.74, 6) is 1.46. The Hall–Kier alpha value is -2.58. The number of likely N-dealkylation sites (tertiary alicyclic amines) is 2. The zero-order chi connectivity index (χ0) is 20.5. The van der Waals surface area contributed by atoms with E-state index in [1.807, 2.05) is 29.2 Å². The molecule has 8 nitrogen and oxygen atoms in total. The van der Waals surface area contributed by atoms with E-state index in [1.54, 1.807) is 7.11 Å². The number of piperidine rings is 2. The van der Waals surface area contributed by atoms with Gasteiger partial charge in [-0.3, -0.25) is 9.89 Å². The number of nitrogens with one attached hydrogen (secondary N) is 1. The van der Waals surface area contributed by atoms with Crippen LogP contribution in [0.4, 0.5) is 0 Å². The van der Waals surface area contributed by atoms with Gasteiger partial charge in [-0.2, -0.15) is 5.10 Å². The van der Waals surface area contributed by atoms with Crippen LogP contribution < -0.4 is 9.47 Å². The lowest BCUT2D eigenvalue weighted by Gasteiger charge is -2.41. The number of hydrogen-bond acceptors (Lipinski definition) is 6. The fourth-order valence-electron chi connectivity index (χ4n) is 4.72. The number of hydrogen-bond donors (Lipinski definition) is 1. The van der Waals surface area contributed by atoms with Crippen LogP contribution in [0.25, 0.3) is 11.3 Å². The molecule has 1 aromatic heterocycles. The van der Waals surface area contributed by atoms with Crippen LogP contribution in [-0.4, -0.2) is 78.1 Å². The Bertz CT molecular complexity index is 898. The molecule has 0 unspecified atom stereocenters. The van der Waals surface area contributed by atoms with E-state index < -0.39 is 0 Å². The maximum absolute atomic E-state index is 13.0. The summed E-state index contributed by atoms with van der Waals surface area (Å²) in [6.07, 6.45) is 4.65. The number of H-pyrrole nitrogens is 1. The molecule has 3 aliphatic heterocycles. The molecule has 3 aliphatic rings. The van der Waals surface area contributed by atoms with Crippen molar-refractivity contribution >= 4 is 5.91 Å². The summed E-state index contributed by atoms with van der Waals surface area (Å²) in [6.45, 7) is 3.99. The van der Waals surface area contributed by atoms with Crippen molar-refractivity contribution in [3.8, 4) is 22.8 Å². The molecule has 2 aromatic rings. The predicted molar refractivity (Wildman–Crippen MR) is 111 cm³/mol. The fraction of sp³-hybridized carbons (Fsp3) is 0.545. The van der Waals surface area contributed by atoms with Gasteiger partial charge >= 0.3 is 0 Å². The Morgan fingerprint density at radius 1 is 1.07 bits per heavy atom. The zero-order valence-corrected chi connectivity index (χ0v) is 17.3. The van der Waals surface area contributed by atoms with Crippen LogP contribution in [0.5, 0.6) is 11.5 Å². The molecule has 8 heteroatoms. The van der Waals surface area contributed by atoms with Crippen LogP contribution in [0.1, 0.15) is 36.2 Å². The first-order valence-corrected chi connectivity index (χ1v) is 10.7. The molecular weight excluding hydrogens is 384 g/mol. The van der Waals surface area contributed by atoms with Crippen LogP contribution in [0, 0.1) is 0 Å². The van der Waals surface area contributed by atoms with Crippen LogP contribution in [0.3, 0.4) is 0 Å². The lowest BCUT2D eigenvalue weighted by atomic mass is 9.98. The van der Waals surface area contributed by atoms with E-state index in [9.17, 15) is 4.79 Å². The summed E-state index contributed by atoms with van der Waals surface area (Å²) in [5.41, 5.74) is 2.15. The molecular formula is C22H28N4O4. The van der Waals surface area contributed by atoms with Crippen LogP contribution >= 0.6 is 0 Å². The van der Waals surface area contributed by atoms with Gasteiger partial charge < -0.3 is 24.0 Å². The molecule has 0 radical (unpaired) electrons. The highest BCUT2D eigenvalue weighted by atomic mass is 16.7. The monoisotopic (exact) mass is 412 g/mol. The number of ether oxygens (including phenoxy) is 3. The number of amides is 1. The number of nitrogens with zero attached hydrogens (tertiary/aromatic N) is 3. The smallest absolute Gasteiger partial charge is 0.271 e. The largest absolute Gasteiger partial charge is 0.454 e. The molecule has 0 aliphatic carbocycles. The Kier molecular flexibility index (Phi) is 5.35. The van der Waals surface area contributed by atoms with E-state index in [-0.39, 0.29) is 12.7 Å². The summed E-state index contributed by atoms with van der Waals surface area (Å²) in [7, 11) is 1.80. The molecule has 0 spiro atoms. The number of benzene rings is 1. The van der Waals surface area contributed by atoms with E-state index in [2.05, 4.69) is 15.1 Å². The van der Waals surface area contributed by atoms with Gasteiger partial charge in [0.25, 0.3) is 5.91 Å². The Balaban J connectivity index is 1.19. The SMILES string of the molecule is COC1CCN(C2CCN(C(=O)c3cc(-c4ccc5c(c4)OCO5)n[nH]3)CC2)CC1. The molecule has 0 atom stereocenters. The minimum atomic E-state index is 0.0195. The highest BCUT2D eigenvalue weighted by molar-refractivity contribution is 5.93. The second kappa shape index (κ2) is 8.28. The standard InChI is InChI=1S/C22H28N4O4/c1-28-17-6-10-25(11-7-17)16-4-8-26(9-5-16)22(27)19-13-18(23-24-19)15-2-3-20-21(12-15)30-14-29-20/h2-3,12-13,16-17H,4-11,14H2,1H3,(H,23,24). The molecule has 2 fully saturated rings. The highest BCUT2D eigenvalue weighted by Crippen LogP contribution is 2.35. The van der Waals surface area contributed by atoms with Crippen molar-refractivity contribution < 1.29 is 19.0 Å². The van der Waals surface area contributed by atoms with Gasteiger partial charge in [-0.15, -0.1) is 0 Å². The molecule has 1 aromatic carbocycles. The van der Waals surface area contributed by atoms with E-state index >= 15 is 0 Å². The van der Waals surface area contributed by atoms with Gasteiger partial charge in [0.1, 0.15) is 5.69 Å². The van der Waals surface area contributed by atoms with Crippen molar-refractivity contribution in [2.45, 2.75) is 37.8 Å². The van der Waals surface area contributed by atoms with Gasteiger partial charge in [-0.25, -0.2) is 0 Å². The number of fused-ring (bicyclic) bond motifs is 1. The molecule has 4 heterocycles. The van der Waals surface area contributed by atoms with Crippen molar-refractivity contribution in [3.05, 3.63) is 30.0 Å². The van der Waals surface area contributed by atoms with E-state index in [1.165, 1.54) is 0 Å². The third-order valence-corrected chi connectivity index (χ3v) is 6.55. The summed E-state index contributed by atoms with van der Waals surface area (Å²) in [6, 6.07) is 8.08. The van der Waals surface area contributed by atoms with Crippen molar-refractivity contribution in [2.75, 3.05) is 40.1 Å². The average molecular weight is 412 g/mol. The molecule has 160 valence electrons. The normalized spacial score (nSPS) is 20.6. The van der Waals surface area contributed by atoms with Gasteiger partial charge in [0.2, 0.25) is 6.79 Å². The van der Waals surface area contributed by atoms with Gasteiger partial charge in [-0.05, 0) is 49.9 Å². The van der Waals surface area contributed by atoms with Crippen molar-refractivity contribution in [2.24, 2.45) is 0 Å². The molecule has 0 bridgehead atoms. The van der Waals surface area contributed by atoms with E-state index in [0.29, 0.717) is 23.6 Å². The lowest BCUT2D eigenvalue weighted by molar-refractivity contribution is 0.0145. The minimum absolute atomic E-state index is 0.0195. The molecule has 0 saturated carbocycles. The topological polar surface area (TPSA) is 79.9 Å². The third kappa shape index (κ3) is 3.77. The summed E-state index contributed by atoms with van der Waals surface area (Å²) < 4.78 is 16.3.